The minimum atomic E-state index is -0.406. The number of rotatable bonds is 6. The van der Waals surface area contributed by atoms with Gasteiger partial charge in [0.15, 0.2) is 5.76 Å². The van der Waals surface area contributed by atoms with E-state index in [0.29, 0.717) is 39.5 Å². The van der Waals surface area contributed by atoms with Crippen molar-refractivity contribution in [2.45, 2.75) is 20.4 Å². The molecule has 0 aliphatic heterocycles. The Bertz CT molecular complexity index is 1400. The van der Waals surface area contributed by atoms with Crippen LogP contribution in [0, 0.1) is 6.92 Å². The number of hydrogen-bond acceptors (Lipinski definition) is 5. The van der Waals surface area contributed by atoms with E-state index in [1.807, 2.05) is 13.8 Å². The highest BCUT2D eigenvalue weighted by Crippen LogP contribution is 2.20. The third-order valence-corrected chi connectivity index (χ3v) is 5.44. The van der Waals surface area contributed by atoms with Gasteiger partial charge in [0.25, 0.3) is 17.4 Å². The fourth-order valence-corrected chi connectivity index (χ4v) is 3.57. The summed E-state index contributed by atoms with van der Waals surface area (Å²) in [5.74, 6) is -0.146. The number of benzene rings is 2. The summed E-state index contributed by atoms with van der Waals surface area (Å²) >= 11 is 6.03. The molecular weight excluding hydrogens is 444 g/mol. The molecule has 0 atom stereocenters. The van der Waals surface area contributed by atoms with Crippen molar-refractivity contribution in [3.05, 3.63) is 92.9 Å². The van der Waals surface area contributed by atoms with Crippen molar-refractivity contribution in [1.29, 1.82) is 0 Å². The Morgan fingerprint density at radius 2 is 2.00 bits per heavy atom. The maximum atomic E-state index is 13.2. The number of carbonyl (C=O) groups is 2. The van der Waals surface area contributed by atoms with Crippen LogP contribution in [0.2, 0.25) is 5.02 Å². The SMILES string of the molecule is CCN(Cc1nc2cc(Cl)ccc2c(=O)[nH]1)C(=O)c1ccc(C)c(NC(=O)c2ccco2)c1. The van der Waals surface area contributed by atoms with Crippen LogP contribution in [0.5, 0.6) is 0 Å². The molecule has 0 unspecified atom stereocenters. The number of aromatic nitrogens is 2. The van der Waals surface area contributed by atoms with Gasteiger partial charge in [-0.05, 0) is 61.9 Å². The Morgan fingerprint density at radius 3 is 2.73 bits per heavy atom. The van der Waals surface area contributed by atoms with Crippen molar-refractivity contribution >= 4 is 40.0 Å². The van der Waals surface area contributed by atoms with Gasteiger partial charge in [-0.2, -0.15) is 0 Å². The average Bonchev–Trinajstić information content (AvgIpc) is 3.33. The van der Waals surface area contributed by atoms with Crippen molar-refractivity contribution in [1.82, 2.24) is 14.9 Å². The first-order chi connectivity index (χ1) is 15.9. The molecule has 2 N–H and O–H groups in total. The number of halogens is 1. The van der Waals surface area contributed by atoms with Gasteiger partial charge >= 0.3 is 0 Å². The summed E-state index contributed by atoms with van der Waals surface area (Å²) in [7, 11) is 0. The Balaban J connectivity index is 1.58. The van der Waals surface area contributed by atoms with E-state index in [1.54, 1.807) is 53.4 Å². The minimum Gasteiger partial charge on any atom is -0.459 e. The second kappa shape index (κ2) is 9.30. The van der Waals surface area contributed by atoms with E-state index in [4.69, 9.17) is 16.0 Å². The van der Waals surface area contributed by atoms with Crippen LogP contribution in [0.1, 0.15) is 39.2 Å². The van der Waals surface area contributed by atoms with Crippen LogP contribution in [0.25, 0.3) is 10.9 Å². The van der Waals surface area contributed by atoms with Crippen LogP contribution < -0.4 is 10.9 Å². The normalized spacial score (nSPS) is 10.9. The first-order valence-electron chi connectivity index (χ1n) is 10.3. The van der Waals surface area contributed by atoms with Crippen molar-refractivity contribution in [3.8, 4) is 0 Å². The number of amides is 2. The number of H-pyrrole nitrogens is 1. The zero-order chi connectivity index (χ0) is 23.5. The molecule has 2 heterocycles. The van der Waals surface area contributed by atoms with E-state index in [1.165, 1.54) is 6.26 Å². The molecule has 9 heteroatoms. The molecule has 4 rings (SSSR count). The molecular formula is C24H21ClN4O4. The van der Waals surface area contributed by atoms with E-state index in [9.17, 15) is 14.4 Å². The van der Waals surface area contributed by atoms with Gasteiger partial charge in [0.05, 0.1) is 23.7 Å². The minimum absolute atomic E-state index is 0.106. The van der Waals surface area contributed by atoms with Gasteiger partial charge in [-0.1, -0.05) is 17.7 Å². The molecule has 2 amide bonds. The summed E-state index contributed by atoms with van der Waals surface area (Å²) in [4.78, 5) is 46.7. The Labute approximate surface area is 194 Å². The number of hydrogen-bond donors (Lipinski definition) is 2. The standard InChI is InChI=1S/C24H21ClN4O4/c1-3-29(13-21-26-19-12-16(25)8-9-17(19)22(30)28-21)24(32)15-7-6-14(2)18(11-15)27-23(31)20-5-4-10-33-20/h4-12H,3,13H2,1-2H3,(H,27,31)(H,26,28,30). The molecule has 4 aromatic rings. The topological polar surface area (TPSA) is 108 Å². The fourth-order valence-electron chi connectivity index (χ4n) is 3.41. The Hall–Kier alpha value is -3.91. The highest BCUT2D eigenvalue weighted by Gasteiger charge is 2.18. The fraction of sp³-hybridized carbons (Fsp3) is 0.167. The first kappa shape index (κ1) is 22.3. The Kier molecular flexibility index (Phi) is 6.28. The lowest BCUT2D eigenvalue weighted by Gasteiger charge is -2.21. The molecule has 2 aromatic heterocycles. The van der Waals surface area contributed by atoms with E-state index in [2.05, 4.69) is 15.3 Å². The smallest absolute Gasteiger partial charge is 0.291 e. The van der Waals surface area contributed by atoms with Gasteiger partial charge in [-0.3, -0.25) is 14.4 Å². The molecule has 0 spiro atoms. The zero-order valence-electron chi connectivity index (χ0n) is 18.0. The summed E-state index contributed by atoms with van der Waals surface area (Å²) in [6.07, 6.45) is 1.42. The van der Waals surface area contributed by atoms with Crippen molar-refractivity contribution < 1.29 is 14.0 Å². The van der Waals surface area contributed by atoms with E-state index in [0.717, 1.165) is 5.56 Å². The molecule has 168 valence electrons. The molecule has 33 heavy (non-hydrogen) atoms. The number of fused-ring (bicyclic) bond motifs is 1. The van der Waals surface area contributed by atoms with Gasteiger partial charge < -0.3 is 19.6 Å². The summed E-state index contributed by atoms with van der Waals surface area (Å²) in [5, 5.41) is 3.67. The molecule has 0 fully saturated rings. The average molecular weight is 465 g/mol. The molecule has 0 bridgehead atoms. The van der Waals surface area contributed by atoms with Crippen molar-refractivity contribution in [2.75, 3.05) is 11.9 Å². The van der Waals surface area contributed by atoms with E-state index < -0.39 is 5.91 Å². The zero-order valence-corrected chi connectivity index (χ0v) is 18.8. The summed E-state index contributed by atoms with van der Waals surface area (Å²) in [5.41, 5.74) is 1.86. The van der Waals surface area contributed by atoms with Gasteiger partial charge in [-0.15, -0.1) is 0 Å². The number of furan rings is 1. The number of carbonyl (C=O) groups excluding carboxylic acids is 2. The van der Waals surface area contributed by atoms with E-state index in [-0.39, 0.29) is 23.8 Å². The number of nitrogens with zero attached hydrogens (tertiary/aromatic N) is 2. The molecule has 8 nitrogen and oxygen atoms in total. The number of anilines is 1. The van der Waals surface area contributed by atoms with Gasteiger partial charge in [0.2, 0.25) is 0 Å². The summed E-state index contributed by atoms with van der Waals surface area (Å²) < 4.78 is 5.12. The molecule has 0 radical (unpaired) electrons. The van der Waals surface area contributed by atoms with Crippen LogP contribution in [0.15, 0.2) is 64.0 Å². The molecule has 0 saturated heterocycles. The lowest BCUT2D eigenvalue weighted by molar-refractivity contribution is 0.0748. The maximum absolute atomic E-state index is 13.2. The first-order valence-corrected chi connectivity index (χ1v) is 10.7. The maximum Gasteiger partial charge on any atom is 0.291 e. The lowest BCUT2D eigenvalue weighted by atomic mass is 10.1. The Morgan fingerprint density at radius 1 is 1.18 bits per heavy atom. The van der Waals surface area contributed by atoms with Gasteiger partial charge in [0, 0.05) is 22.8 Å². The van der Waals surface area contributed by atoms with Gasteiger partial charge in [0.1, 0.15) is 5.82 Å². The van der Waals surface area contributed by atoms with Crippen LogP contribution in [0.4, 0.5) is 5.69 Å². The molecule has 0 saturated carbocycles. The molecule has 0 aliphatic carbocycles. The highest BCUT2D eigenvalue weighted by atomic mass is 35.5. The molecule has 0 aliphatic rings. The second-order valence-electron chi connectivity index (χ2n) is 7.45. The van der Waals surface area contributed by atoms with Crippen LogP contribution in [0.3, 0.4) is 0 Å². The largest absolute Gasteiger partial charge is 0.459 e. The number of nitrogens with one attached hydrogen (secondary N) is 2. The van der Waals surface area contributed by atoms with Crippen molar-refractivity contribution in [3.63, 3.8) is 0 Å². The van der Waals surface area contributed by atoms with Crippen LogP contribution in [-0.2, 0) is 6.54 Å². The summed E-state index contributed by atoms with van der Waals surface area (Å²) in [6, 6.07) is 13.1. The number of aryl methyl sites for hydroxylation is 1. The third kappa shape index (κ3) is 4.80. The van der Waals surface area contributed by atoms with Crippen LogP contribution in [-0.4, -0.2) is 33.2 Å². The predicted octanol–water partition coefficient (Wildman–Crippen LogP) is 4.39. The monoisotopic (exact) mass is 464 g/mol. The second-order valence-corrected chi connectivity index (χ2v) is 7.89. The van der Waals surface area contributed by atoms with Crippen LogP contribution >= 0.6 is 11.6 Å². The van der Waals surface area contributed by atoms with E-state index >= 15 is 0 Å². The predicted molar refractivity (Wildman–Crippen MR) is 126 cm³/mol. The quantitative estimate of drug-likeness (QED) is 0.440. The number of aromatic amines is 1. The third-order valence-electron chi connectivity index (χ3n) is 5.20. The summed E-state index contributed by atoms with van der Waals surface area (Å²) in [6.45, 7) is 4.16. The highest BCUT2D eigenvalue weighted by molar-refractivity contribution is 6.31. The van der Waals surface area contributed by atoms with Gasteiger partial charge in [-0.25, -0.2) is 4.98 Å². The van der Waals surface area contributed by atoms with Crippen molar-refractivity contribution in [2.24, 2.45) is 0 Å². The molecule has 2 aromatic carbocycles. The lowest BCUT2D eigenvalue weighted by Crippen LogP contribution is -2.32.